The van der Waals surface area contributed by atoms with Crippen LogP contribution in [-0.4, -0.2) is 5.97 Å². The second kappa shape index (κ2) is 5.86. The number of unbranched alkanes of at least 4 members (excludes halogenated alkanes) is 2. The van der Waals surface area contributed by atoms with Crippen LogP contribution in [0.25, 0.3) is 0 Å². The summed E-state index contributed by atoms with van der Waals surface area (Å²) in [7, 11) is 0. The van der Waals surface area contributed by atoms with Crippen molar-refractivity contribution in [3.63, 3.8) is 0 Å². The van der Waals surface area contributed by atoms with Gasteiger partial charge < -0.3 is 4.18 Å². The molecule has 2 nitrogen and oxygen atoms in total. The molecule has 0 amide bonds. The van der Waals surface area contributed by atoms with E-state index in [-0.39, 0.29) is 5.97 Å². The highest BCUT2D eigenvalue weighted by Gasteiger charge is 2.06. The molecule has 0 atom stereocenters. The number of carbonyl (C=O) groups excluding carboxylic acids is 1. The van der Waals surface area contributed by atoms with E-state index in [1.165, 1.54) is 0 Å². The number of rotatable bonds is 5. The minimum atomic E-state index is -0.716. The molecule has 0 saturated carbocycles. The van der Waals surface area contributed by atoms with Crippen LogP contribution in [0.5, 0.6) is 0 Å². The van der Waals surface area contributed by atoms with Gasteiger partial charge >= 0.3 is 5.97 Å². The van der Waals surface area contributed by atoms with Crippen molar-refractivity contribution in [1.29, 1.82) is 0 Å². The zero-order chi connectivity index (χ0) is 9.52. The summed E-state index contributed by atoms with van der Waals surface area (Å²) in [5.41, 5.74) is 0. The predicted molar refractivity (Wildman–Crippen MR) is 57.5 cm³/mol. The number of hydrogen-bond acceptors (Lipinski definition) is 2. The summed E-state index contributed by atoms with van der Waals surface area (Å²) >= 11 is -0.716. The van der Waals surface area contributed by atoms with Crippen molar-refractivity contribution >= 4 is 17.1 Å². The molecule has 1 heterocycles. The zero-order valence-corrected chi connectivity index (χ0v) is 8.80. The van der Waals surface area contributed by atoms with Crippen LogP contribution in [0.2, 0.25) is 0 Å². The Bertz CT molecular complexity index is 209. The first-order valence-electron chi connectivity index (χ1n) is 4.67. The van der Waals surface area contributed by atoms with Crippen LogP contribution < -0.4 is 0 Å². The van der Waals surface area contributed by atoms with Crippen molar-refractivity contribution in [3.05, 3.63) is 23.0 Å². The maximum atomic E-state index is 11.2. The average molecular weight is 200 g/mol. The van der Waals surface area contributed by atoms with Gasteiger partial charge in [0.1, 0.15) is 0 Å². The van der Waals surface area contributed by atoms with Crippen LogP contribution in [0.15, 0.2) is 23.0 Å². The van der Waals surface area contributed by atoms with Crippen LogP contribution in [0.4, 0.5) is 0 Å². The maximum absolute atomic E-state index is 11.2. The fourth-order valence-corrected chi connectivity index (χ4v) is 2.15. The van der Waals surface area contributed by atoms with E-state index < -0.39 is 11.2 Å². The molecule has 0 aliphatic carbocycles. The van der Waals surface area contributed by atoms with Crippen molar-refractivity contribution in [2.24, 2.45) is 0 Å². The summed E-state index contributed by atoms with van der Waals surface area (Å²) in [6.07, 6.45) is 7.61. The predicted octanol–water partition coefficient (Wildman–Crippen LogP) is 3.07. The van der Waals surface area contributed by atoms with Gasteiger partial charge in [0.15, 0.2) is 0 Å². The van der Waals surface area contributed by atoms with Gasteiger partial charge in [0, 0.05) is 6.42 Å². The lowest BCUT2D eigenvalue weighted by Crippen LogP contribution is -1.99. The van der Waals surface area contributed by atoms with Gasteiger partial charge in [-0.2, -0.15) is 0 Å². The Morgan fingerprint density at radius 2 is 2.00 bits per heavy atom. The Labute approximate surface area is 82.2 Å². The molecule has 1 aliphatic rings. The molecule has 0 aromatic heterocycles. The van der Waals surface area contributed by atoms with Crippen molar-refractivity contribution < 1.29 is 8.98 Å². The van der Waals surface area contributed by atoms with Gasteiger partial charge in [0.05, 0.1) is 0 Å². The highest BCUT2D eigenvalue weighted by Crippen LogP contribution is 2.34. The van der Waals surface area contributed by atoms with Gasteiger partial charge in [-0.25, -0.2) is 0 Å². The van der Waals surface area contributed by atoms with Gasteiger partial charge in [-0.3, -0.25) is 4.79 Å². The second-order valence-corrected chi connectivity index (χ2v) is 4.46. The number of allylic oxidation sites excluding steroid dienone is 2. The standard InChI is InChI=1S/C10H16O2S/c1-2-3-4-7-10(11)12-13-8-5-6-9-13/h5-6,8-9,13H,2-4,7H2,1H3. The monoisotopic (exact) mass is 200 g/mol. The van der Waals surface area contributed by atoms with Crippen molar-refractivity contribution in [2.45, 2.75) is 32.6 Å². The van der Waals surface area contributed by atoms with E-state index in [1.807, 2.05) is 23.0 Å². The largest absolute Gasteiger partial charge is 0.410 e. The van der Waals surface area contributed by atoms with E-state index in [9.17, 15) is 4.79 Å². The minimum Gasteiger partial charge on any atom is -0.410 e. The molecule has 0 aromatic carbocycles. The first-order valence-corrected chi connectivity index (χ1v) is 6.07. The zero-order valence-electron chi connectivity index (χ0n) is 7.90. The van der Waals surface area contributed by atoms with Crippen LogP contribution >= 0.6 is 11.2 Å². The molecular weight excluding hydrogens is 184 g/mol. The molecule has 74 valence electrons. The van der Waals surface area contributed by atoms with E-state index in [0.717, 1.165) is 19.3 Å². The van der Waals surface area contributed by atoms with Crippen molar-refractivity contribution in [2.75, 3.05) is 0 Å². The van der Waals surface area contributed by atoms with E-state index in [0.29, 0.717) is 6.42 Å². The molecule has 1 rings (SSSR count). The summed E-state index contributed by atoms with van der Waals surface area (Å²) in [4.78, 5) is 11.2. The molecule has 13 heavy (non-hydrogen) atoms. The van der Waals surface area contributed by atoms with Crippen LogP contribution in [-0.2, 0) is 8.98 Å². The Morgan fingerprint density at radius 3 is 2.62 bits per heavy atom. The Morgan fingerprint density at radius 1 is 1.31 bits per heavy atom. The summed E-state index contributed by atoms with van der Waals surface area (Å²) < 4.78 is 5.21. The topological polar surface area (TPSA) is 26.3 Å². The third-order valence-electron chi connectivity index (χ3n) is 1.77. The van der Waals surface area contributed by atoms with Crippen LogP contribution in [0.1, 0.15) is 32.6 Å². The Kier molecular flexibility index (Phi) is 4.68. The number of thiol groups is 1. The van der Waals surface area contributed by atoms with Crippen LogP contribution in [0.3, 0.4) is 0 Å². The van der Waals surface area contributed by atoms with Crippen molar-refractivity contribution in [3.8, 4) is 0 Å². The molecule has 0 fully saturated rings. The Hall–Kier alpha value is -0.700. The molecule has 0 bridgehead atoms. The van der Waals surface area contributed by atoms with E-state index in [4.69, 9.17) is 4.18 Å². The molecule has 0 spiro atoms. The van der Waals surface area contributed by atoms with Crippen LogP contribution in [0, 0.1) is 0 Å². The quantitative estimate of drug-likeness (QED) is 0.545. The normalized spacial score (nSPS) is 16.5. The van der Waals surface area contributed by atoms with Crippen molar-refractivity contribution in [1.82, 2.24) is 0 Å². The molecule has 0 N–H and O–H groups in total. The van der Waals surface area contributed by atoms with Gasteiger partial charge in [0.25, 0.3) is 0 Å². The van der Waals surface area contributed by atoms with Gasteiger partial charge in [-0.05, 0) is 17.2 Å². The summed E-state index contributed by atoms with van der Waals surface area (Å²) in [6, 6.07) is 0. The minimum absolute atomic E-state index is 0.0595. The highest BCUT2D eigenvalue weighted by molar-refractivity contribution is 8.18. The molecule has 0 saturated heterocycles. The lowest BCUT2D eigenvalue weighted by molar-refractivity contribution is -0.133. The molecule has 3 heteroatoms. The highest BCUT2D eigenvalue weighted by atomic mass is 32.2. The SMILES string of the molecule is CCCCCC(=O)O[SH]1C=CC=C1. The fraction of sp³-hybridized carbons (Fsp3) is 0.500. The number of carbonyl (C=O) groups is 1. The molecule has 0 aromatic rings. The first-order chi connectivity index (χ1) is 6.33. The number of hydrogen-bond donors (Lipinski definition) is 1. The third kappa shape index (κ3) is 4.18. The maximum Gasteiger partial charge on any atom is 0.316 e. The fourth-order valence-electron chi connectivity index (χ4n) is 1.06. The lowest BCUT2D eigenvalue weighted by atomic mass is 10.2. The molecule has 1 aliphatic heterocycles. The molecule has 0 radical (unpaired) electrons. The van der Waals surface area contributed by atoms with E-state index >= 15 is 0 Å². The summed E-state index contributed by atoms with van der Waals surface area (Å²) in [5, 5.41) is 3.88. The van der Waals surface area contributed by atoms with E-state index in [2.05, 4.69) is 6.92 Å². The second-order valence-electron chi connectivity index (χ2n) is 2.96. The smallest absolute Gasteiger partial charge is 0.316 e. The first kappa shape index (κ1) is 10.4. The molecule has 0 unspecified atom stereocenters. The third-order valence-corrected chi connectivity index (χ3v) is 3.12. The Balaban J connectivity index is 2.10. The van der Waals surface area contributed by atoms with E-state index in [1.54, 1.807) is 0 Å². The summed E-state index contributed by atoms with van der Waals surface area (Å²) in [6.45, 7) is 2.12. The van der Waals surface area contributed by atoms with Gasteiger partial charge in [-0.1, -0.05) is 43.1 Å². The summed E-state index contributed by atoms with van der Waals surface area (Å²) in [5.74, 6) is -0.0595. The van der Waals surface area contributed by atoms with Gasteiger partial charge in [0.2, 0.25) is 0 Å². The van der Waals surface area contributed by atoms with Gasteiger partial charge in [-0.15, -0.1) is 0 Å². The average Bonchev–Trinajstić information content (AvgIpc) is 2.57. The molecular formula is C10H16O2S. The lowest BCUT2D eigenvalue weighted by Gasteiger charge is -2.10.